The van der Waals surface area contributed by atoms with Crippen molar-refractivity contribution in [3.8, 4) is 0 Å². The van der Waals surface area contributed by atoms with E-state index in [0.29, 0.717) is 37.1 Å². The molecule has 0 unspecified atom stereocenters. The molecule has 0 aliphatic carbocycles. The summed E-state index contributed by atoms with van der Waals surface area (Å²) in [5.74, 6) is 0. The molecule has 2 aromatic carbocycles. The van der Waals surface area contributed by atoms with Gasteiger partial charge in [0.15, 0.2) is 0 Å². The number of nitrogens with zero attached hydrogens (tertiary/aromatic N) is 2. The topological polar surface area (TPSA) is 70.8 Å². The van der Waals surface area contributed by atoms with E-state index in [9.17, 15) is 13.2 Å². The lowest BCUT2D eigenvalue weighted by Crippen LogP contribution is -2.48. The smallest absolute Gasteiger partial charge is 0.336 e. The number of piperazine rings is 1. The quantitative estimate of drug-likeness (QED) is 0.635. The Morgan fingerprint density at radius 3 is 2.43 bits per heavy atom. The lowest BCUT2D eigenvalue weighted by molar-refractivity contribution is 0.385. The van der Waals surface area contributed by atoms with Crippen LogP contribution in [0.2, 0.25) is 0 Å². The summed E-state index contributed by atoms with van der Waals surface area (Å²) in [6.45, 7) is 6.33. The molecular weight excluding hydrogens is 376 g/mol. The molecule has 0 bridgehead atoms. The van der Waals surface area contributed by atoms with E-state index in [-0.39, 0.29) is 4.90 Å². The Bertz CT molecular complexity index is 1190. The number of fused-ring (bicyclic) bond motifs is 1. The molecule has 0 radical (unpaired) electrons. The van der Waals surface area contributed by atoms with E-state index in [1.165, 1.54) is 33.6 Å². The van der Waals surface area contributed by atoms with Gasteiger partial charge in [0.2, 0.25) is 10.0 Å². The highest BCUT2D eigenvalue weighted by Gasteiger charge is 2.29. The molecule has 28 heavy (non-hydrogen) atoms. The van der Waals surface area contributed by atoms with Crippen LogP contribution in [0.1, 0.15) is 11.1 Å². The first-order valence-corrected chi connectivity index (χ1v) is 10.7. The van der Waals surface area contributed by atoms with Gasteiger partial charge in [-0.05, 0) is 55.3 Å². The average molecular weight is 398 g/mol. The van der Waals surface area contributed by atoms with Crippen molar-refractivity contribution in [2.45, 2.75) is 18.7 Å². The van der Waals surface area contributed by atoms with Crippen LogP contribution in [0, 0.1) is 13.8 Å². The Labute approximate surface area is 164 Å². The molecule has 4 rings (SSSR count). The molecule has 0 atom stereocenters. The van der Waals surface area contributed by atoms with Gasteiger partial charge in [-0.15, -0.1) is 0 Å². The normalized spacial score (nSPS) is 15.9. The van der Waals surface area contributed by atoms with Gasteiger partial charge in [0.1, 0.15) is 5.58 Å². The zero-order chi connectivity index (χ0) is 19.9. The summed E-state index contributed by atoms with van der Waals surface area (Å²) in [4.78, 5) is 13.8. The maximum atomic E-state index is 13.1. The van der Waals surface area contributed by atoms with Crippen LogP contribution in [0.25, 0.3) is 11.0 Å². The van der Waals surface area contributed by atoms with Crippen LogP contribution >= 0.6 is 0 Å². The molecule has 2 heterocycles. The Morgan fingerprint density at radius 2 is 1.68 bits per heavy atom. The third-order valence-electron chi connectivity index (χ3n) is 5.38. The fourth-order valence-corrected chi connectivity index (χ4v) is 5.07. The van der Waals surface area contributed by atoms with Gasteiger partial charge in [-0.2, -0.15) is 4.31 Å². The van der Waals surface area contributed by atoms with Crippen LogP contribution in [0.4, 0.5) is 5.69 Å². The highest BCUT2D eigenvalue weighted by atomic mass is 32.2. The van der Waals surface area contributed by atoms with Crippen LogP contribution in [0.15, 0.2) is 62.6 Å². The molecule has 3 aromatic rings. The Balaban J connectivity index is 1.56. The lowest BCUT2D eigenvalue weighted by Gasteiger charge is -2.36. The summed E-state index contributed by atoms with van der Waals surface area (Å²) in [5, 5.41) is 0.592. The van der Waals surface area contributed by atoms with Crippen molar-refractivity contribution in [3.05, 3.63) is 70.1 Å². The number of anilines is 1. The minimum atomic E-state index is -3.60. The molecule has 6 nitrogen and oxygen atoms in total. The minimum Gasteiger partial charge on any atom is -0.423 e. The van der Waals surface area contributed by atoms with Crippen LogP contribution in [0.5, 0.6) is 0 Å². The fraction of sp³-hybridized carbons (Fsp3) is 0.286. The first kappa shape index (κ1) is 18.7. The number of hydrogen-bond acceptors (Lipinski definition) is 5. The summed E-state index contributed by atoms with van der Waals surface area (Å²) in [6, 6.07) is 13.7. The van der Waals surface area contributed by atoms with E-state index in [1.54, 1.807) is 12.1 Å². The Kier molecular flexibility index (Phi) is 4.72. The number of sulfonamides is 1. The highest BCUT2D eigenvalue weighted by Crippen LogP contribution is 2.26. The zero-order valence-corrected chi connectivity index (χ0v) is 16.7. The van der Waals surface area contributed by atoms with Gasteiger partial charge in [-0.25, -0.2) is 13.2 Å². The van der Waals surface area contributed by atoms with Crippen molar-refractivity contribution >= 4 is 26.7 Å². The number of rotatable bonds is 3. The Hall–Kier alpha value is -2.64. The fourth-order valence-electron chi connectivity index (χ4n) is 3.61. The van der Waals surface area contributed by atoms with Crippen molar-refractivity contribution in [2.24, 2.45) is 0 Å². The summed E-state index contributed by atoms with van der Waals surface area (Å²) in [7, 11) is -3.60. The van der Waals surface area contributed by atoms with Crippen LogP contribution < -0.4 is 10.5 Å². The zero-order valence-electron chi connectivity index (χ0n) is 15.9. The Morgan fingerprint density at radius 1 is 0.929 bits per heavy atom. The monoisotopic (exact) mass is 398 g/mol. The largest absolute Gasteiger partial charge is 0.423 e. The highest BCUT2D eigenvalue weighted by molar-refractivity contribution is 7.89. The molecule has 0 saturated carbocycles. The van der Waals surface area contributed by atoms with Crippen molar-refractivity contribution in [3.63, 3.8) is 0 Å². The predicted octanol–water partition coefficient (Wildman–Crippen LogP) is 2.92. The first-order chi connectivity index (χ1) is 13.4. The summed E-state index contributed by atoms with van der Waals surface area (Å²) in [5.41, 5.74) is 3.56. The molecule has 1 aliphatic rings. The second-order valence-corrected chi connectivity index (χ2v) is 9.00. The van der Waals surface area contributed by atoms with Gasteiger partial charge in [0, 0.05) is 43.3 Å². The van der Waals surface area contributed by atoms with Gasteiger partial charge < -0.3 is 9.32 Å². The van der Waals surface area contributed by atoms with E-state index >= 15 is 0 Å². The maximum absolute atomic E-state index is 13.1. The molecule has 1 aliphatic heterocycles. The molecule has 1 fully saturated rings. The molecule has 1 saturated heterocycles. The molecular formula is C21H22N2O4S. The summed E-state index contributed by atoms with van der Waals surface area (Å²) < 4.78 is 32.8. The van der Waals surface area contributed by atoms with Gasteiger partial charge in [0.05, 0.1) is 4.90 Å². The van der Waals surface area contributed by atoms with E-state index in [4.69, 9.17) is 4.42 Å². The summed E-state index contributed by atoms with van der Waals surface area (Å²) in [6.07, 6.45) is 0. The van der Waals surface area contributed by atoms with Crippen LogP contribution in [-0.2, 0) is 10.0 Å². The third kappa shape index (κ3) is 3.31. The molecule has 0 spiro atoms. The molecule has 7 heteroatoms. The van der Waals surface area contributed by atoms with Gasteiger partial charge in [-0.3, -0.25) is 0 Å². The second kappa shape index (κ2) is 7.07. The first-order valence-electron chi connectivity index (χ1n) is 9.21. The second-order valence-electron chi connectivity index (χ2n) is 7.06. The molecule has 0 amide bonds. The minimum absolute atomic E-state index is 0.217. The molecule has 146 valence electrons. The lowest BCUT2D eigenvalue weighted by atomic mass is 10.1. The van der Waals surface area contributed by atoms with E-state index < -0.39 is 15.6 Å². The summed E-state index contributed by atoms with van der Waals surface area (Å²) >= 11 is 0. The SMILES string of the molecule is Cc1cccc(N2CCN(S(=O)(=O)c3ccc4oc(=O)ccc4c3)CC2)c1C. The maximum Gasteiger partial charge on any atom is 0.336 e. The number of hydrogen-bond donors (Lipinski definition) is 0. The average Bonchev–Trinajstić information content (AvgIpc) is 2.69. The van der Waals surface area contributed by atoms with Crippen LogP contribution in [-0.4, -0.2) is 38.9 Å². The number of benzene rings is 2. The van der Waals surface area contributed by atoms with Gasteiger partial charge in [0.25, 0.3) is 0 Å². The van der Waals surface area contributed by atoms with Crippen LogP contribution in [0.3, 0.4) is 0 Å². The van der Waals surface area contributed by atoms with E-state index in [2.05, 4.69) is 30.9 Å². The molecule has 1 aromatic heterocycles. The van der Waals surface area contributed by atoms with Gasteiger partial charge in [-0.1, -0.05) is 12.1 Å². The van der Waals surface area contributed by atoms with Crippen molar-refractivity contribution in [1.29, 1.82) is 0 Å². The molecule has 0 N–H and O–H groups in total. The van der Waals surface area contributed by atoms with Crippen molar-refractivity contribution in [2.75, 3.05) is 31.1 Å². The predicted molar refractivity (Wildman–Crippen MR) is 109 cm³/mol. The van der Waals surface area contributed by atoms with Crippen molar-refractivity contribution < 1.29 is 12.8 Å². The van der Waals surface area contributed by atoms with Crippen molar-refractivity contribution in [1.82, 2.24) is 4.31 Å². The third-order valence-corrected chi connectivity index (χ3v) is 7.28. The van der Waals surface area contributed by atoms with Gasteiger partial charge >= 0.3 is 5.63 Å². The number of aryl methyl sites for hydroxylation is 1. The van der Waals surface area contributed by atoms with E-state index in [0.717, 1.165) is 5.69 Å². The van der Waals surface area contributed by atoms with E-state index in [1.807, 2.05) is 6.07 Å². The standard InChI is InChI=1S/C21H22N2O4S/c1-15-4-3-5-19(16(15)2)22-10-12-23(13-11-22)28(25,26)18-7-8-20-17(14-18)6-9-21(24)27-20/h3-9,14H,10-13H2,1-2H3.